The predicted molar refractivity (Wildman–Crippen MR) is 108 cm³/mol. The van der Waals surface area contributed by atoms with E-state index in [0.717, 1.165) is 5.56 Å². The van der Waals surface area contributed by atoms with Crippen molar-refractivity contribution in [2.75, 3.05) is 7.11 Å². The number of methoxy groups -OCH3 is 1. The third-order valence-corrected chi connectivity index (χ3v) is 4.49. The second-order valence-corrected chi connectivity index (χ2v) is 6.51. The molecule has 0 heterocycles. The van der Waals surface area contributed by atoms with Gasteiger partial charge in [0.25, 0.3) is 5.91 Å². The topological polar surface area (TPSA) is 56.8 Å². The maximum absolute atomic E-state index is 12.9. The summed E-state index contributed by atoms with van der Waals surface area (Å²) in [5, 5.41) is 2.87. The molecule has 1 amide bonds. The van der Waals surface area contributed by atoms with Crippen molar-refractivity contribution in [2.45, 2.75) is 19.3 Å². The molecule has 0 radical (unpaired) electrons. The van der Waals surface area contributed by atoms with Crippen LogP contribution in [0.1, 0.15) is 27.5 Å². The van der Waals surface area contributed by atoms with E-state index in [0.29, 0.717) is 5.56 Å². The number of hydrogen-bond donors (Lipinski definition) is 1. The Labute approximate surface area is 181 Å². The van der Waals surface area contributed by atoms with Crippen LogP contribution >= 0.6 is 0 Å². The first-order chi connectivity index (χ1) is 15.4. The average Bonchev–Trinajstić information content (AvgIpc) is 2.78. The summed E-state index contributed by atoms with van der Waals surface area (Å²) in [6, 6.07) is 18.1. The molecule has 0 saturated heterocycles. The maximum Gasteiger partial charge on any atom is 0.387 e. The Kier molecular flexibility index (Phi) is 7.54. The molecule has 0 fully saturated rings. The molecular weight excluding hydrogens is 430 g/mol. The SMILES string of the molecule is COc1cc(C(=O)NC(c2ccccc2)c2ccc(OC(F)F)cc2)ccc1OC(F)F. The van der Waals surface area contributed by atoms with Gasteiger partial charge in [0.2, 0.25) is 0 Å². The molecule has 9 heteroatoms. The van der Waals surface area contributed by atoms with Gasteiger partial charge in [0, 0.05) is 5.56 Å². The third kappa shape index (κ3) is 5.90. The zero-order valence-electron chi connectivity index (χ0n) is 16.8. The molecule has 1 atom stereocenters. The number of halogens is 4. The molecule has 168 valence electrons. The summed E-state index contributed by atoms with van der Waals surface area (Å²) >= 11 is 0. The second-order valence-electron chi connectivity index (χ2n) is 6.51. The first-order valence-electron chi connectivity index (χ1n) is 9.41. The Morgan fingerprint density at radius 3 is 2.00 bits per heavy atom. The summed E-state index contributed by atoms with van der Waals surface area (Å²) in [6.07, 6.45) is 0. The van der Waals surface area contributed by atoms with Gasteiger partial charge in [0.05, 0.1) is 13.2 Å². The number of amides is 1. The van der Waals surface area contributed by atoms with E-state index in [2.05, 4.69) is 14.8 Å². The summed E-state index contributed by atoms with van der Waals surface area (Å²) in [7, 11) is 1.27. The van der Waals surface area contributed by atoms with Gasteiger partial charge in [-0.25, -0.2) is 0 Å². The van der Waals surface area contributed by atoms with Crippen molar-refractivity contribution in [1.29, 1.82) is 0 Å². The molecule has 0 aliphatic heterocycles. The lowest BCUT2D eigenvalue weighted by Crippen LogP contribution is -2.29. The molecule has 1 unspecified atom stereocenters. The predicted octanol–water partition coefficient (Wildman–Crippen LogP) is 5.42. The highest BCUT2D eigenvalue weighted by Crippen LogP contribution is 2.30. The van der Waals surface area contributed by atoms with Gasteiger partial charge in [-0.2, -0.15) is 17.6 Å². The number of carbonyl (C=O) groups is 1. The number of alkyl halides is 4. The van der Waals surface area contributed by atoms with Gasteiger partial charge in [0.1, 0.15) is 5.75 Å². The zero-order chi connectivity index (χ0) is 23.1. The average molecular weight is 449 g/mol. The fourth-order valence-corrected chi connectivity index (χ4v) is 3.06. The summed E-state index contributed by atoms with van der Waals surface area (Å²) in [6.45, 7) is -5.99. The summed E-state index contributed by atoms with van der Waals surface area (Å²) in [4.78, 5) is 12.9. The van der Waals surface area contributed by atoms with Crippen LogP contribution < -0.4 is 19.5 Å². The first kappa shape index (κ1) is 22.9. The standard InChI is InChI=1S/C23H19F4NO4/c1-30-19-13-16(9-12-18(19)32-23(26)27)21(29)28-20(14-5-3-2-4-6-14)15-7-10-17(11-8-15)31-22(24)25/h2-13,20,22-23H,1H3,(H,28,29). The van der Waals surface area contributed by atoms with Gasteiger partial charge in [-0.3, -0.25) is 4.79 Å². The Morgan fingerprint density at radius 1 is 0.781 bits per heavy atom. The number of benzene rings is 3. The number of hydrogen-bond acceptors (Lipinski definition) is 4. The molecule has 3 aromatic rings. The van der Waals surface area contributed by atoms with Gasteiger partial charge in [-0.15, -0.1) is 0 Å². The molecule has 32 heavy (non-hydrogen) atoms. The van der Waals surface area contributed by atoms with Crippen molar-refractivity contribution in [1.82, 2.24) is 5.32 Å². The van der Waals surface area contributed by atoms with Crippen molar-refractivity contribution in [2.24, 2.45) is 0 Å². The largest absolute Gasteiger partial charge is 0.493 e. The molecule has 1 N–H and O–H groups in total. The van der Waals surface area contributed by atoms with E-state index in [1.165, 1.54) is 37.4 Å². The van der Waals surface area contributed by atoms with Crippen LogP contribution in [-0.2, 0) is 0 Å². The Morgan fingerprint density at radius 2 is 1.41 bits per heavy atom. The van der Waals surface area contributed by atoms with Crippen molar-refractivity contribution in [3.05, 3.63) is 89.5 Å². The fourth-order valence-electron chi connectivity index (χ4n) is 3.06. The van der Waals surface area contributed by atoms with Crippen LogP contribution in [0.4, 0.5) is 17.6 Å². The lowest BCUT2D eigenvalue weighted by atomic mass is 9.98. The van der Waals surface area contributed by atoms with Crippen molar-refractivity contribution >= 4 is 5.91 Å². The minimum atomic E-state index is -3.04. The van der Waals surface area contributed by atoms with E-state index in [9.17, 15) is 22.4 Å². The van der Waals surface area contributed by atoms with Crippen molar-refractivity contribution in [3.63, 3.8) is 0 Å². The van der Waals surface area contributed by atoms with Gasteiger partial charge in [0.15, 0.2) is 11.5 Å². The number of ether oxygens (including phenoxy) is 3. The van der Waals surface area contributed by atoms with E-state index in [-0.39, 0.29) is 22.8 Å². The highest BCUT2D eigenvalue weighted by atomic mass is 19.3. The molecule has 0 aromatic heterocycles. The normalized spacial score (nSPS) is 11.8. The molecule has 0 saturated carbocycles. The molecule has 0 aliphatic rings. The van der Waals surface area contributed by atoms with E-state index in [4.69, 9.17) is 4.74 Å². The van der Waals surface area contributed by atoms with Gasteiger partial charge >= 0.3 is 13.2 Å². The minimum Gasteiger partial charge on any atom is -0.493 e. The lowest BCUT2D eigenvalue weighted by Gasteiger charge is -2.21. The zero-order valence-corrected chi connectivity index (χ0v) is 16.8. The number of carbonyl (C=O) groups excluding carboxylic acids is 1. The van der Waals surface area contributed by atoms with E-state index in [1.807, 2.05) is 6.07 Å². The molecule has 5 nitrogen and oxygen atoms in total. The van der Waals surface area contributed by atoms with Crippen LogP contribution in [0, 0.1) is 0 Å². The van der Waals surface area contributed by atoms with Crippen LogP contribution in [0.3, 0.4) is 0 Å². The minimum absolute atomic E-state index is 0.0127. The van der Waals surface area contributed by atoms with Crippen LogP contribution in [-0.4, -0.2) is 26.2 Å². The first-order valence-corrected chi connectivity index (χ1v) is 9.41. The number of rotatable bonds is 9. The van der Waals surface area contributed by atoms with E-state index >= 15 is 0 Å². The van der Waals surface area contributed by atoms with Gasteiger partial charge in [-0.1, -0.05) is 42.5 Å². The van der Waals surface area contributed by atoms with Gasteiger partial charge < -0.3 is 19.5 Å². The highest BCUT2D eigenvalue weighted by molar-refractivity contribution is 5.95. The van der Waals surface area contributed by atoms with Crippen molar-refractivity contribution in [3.8, 4) is 17.2 Å². The molecule has 3 rings (SSSR count). The summed E-state index contributed by atoms with van der Waals surface area (Å²) < 4.78 is 63.7. The number of nitrogens with one attached hydrogen (secondary N) is 1. The summed E-state index contributed by atoms with van der Waals surface area (Å²) in [5.41, 5.74) is 1.52. The lowest BCUT2D eigenvalue weighted by molar-refractivity contribution is -0.0514. The quantitative estimate of drug-likeness (QED) is 0.444. The smallest absolute Gasteiger partial charge is 0.387 e. The van der Waals surface area contributed by atoms with Crippen LogP contribution in [0.25, 0.3) is 0 Å². The van der Waals surface area contributed by atoms with E-state index in [1.54, 1.807) is 36.4 Å². The Balaban J connectivity index is 1.88. The Hall–Kier alpha value is -3.75. The van der Waals surface area contributed by atoms with Gasteiger partial charge in [-0.05, 0) is 41.5 Å². The summed E-state index contributed by atoms with van der Waals surface area (Å²) in [5.74, 6) is -0.745. The molecule has 0 bridgehead atoms. The Bertz CT molecular complexity index is 1030. The molecule has 0 spiro atoms. The fraction of sp³-hybridized carbons (Fsp3) is 0.174. The maximum atomic E-state index is 12.9. The molecule has 3 aromatic carbocycles. The van der Waals surface area contributed by atoms with Crippen LogP contribution in [0.5, 0.6) is 17.2 Å². The highest BCUT2D eigenvalue weighted by Gasteiger charge is 2.20. The van der Waals surface area contributed by atoms with E-state index < -0.39 is 25.2 Å². The monoisotopic (exact) mass is 449 g/mol. The third-order valence-electron chi connectivity index (χ3n) is 4.49. The second kappa shape index (κ2) is 10.5. The van der Waals surface area contributed by atoms with Crippen LogP contribution in [0.15, 0.2) is 72.8 Å². The van der Waals surface area contributed by atoms with Crippen molar-refractivity contribution < 1.29 is 36.6 Å². The molecular formula is C23H19F4NO4. The molecule has 0 aliphatic carbocycles. The van der Waals surface area contributed by atoms with Crippen LogP contribution in [0.2, 0.25) is 0 Å².